The summed E-state index contributed by atoms with van der Waals surface area (Å²) < 4.78 is 13.4. The van der Waals surface area contributed by atoms with Crippen molar-refractivity contribution in [1.29, 1.82) is 5.26 Å². The Hall–Kier alpha value is -2.32. The Kier molecular flexibility index (Phi) is 4.96. The topological polar surface area (TPSA) is 65.9 Å². The van der Waals surface area contributed by atoms with Crippen molar-refractivity contribution in [3.8, 4) is 6.07 Å². The molecule has 4 nitrogen and oxygen atoms in total. The number of anilines is 2. The molecule has 0 aliphatic rings. The summed E-state index contributed by atoms with van der Waals surface area (Å²) in [6, 6.07) is 8.53. The number of nitrogens with two attached hydrogens (primary N) is 1. The molecular formula is C15H14ClFN4. The number of halogens is 2. The SMILES string of the molecule is N#CCCN(Cc1cccnc1)c1cc(Cl)c(F)cc1N. The Morgan fingerprint density at radius 1 is 1.43 bits per heavy atom. The molecule has 0 fully saturated rings. The molecule has 0 aliphatic carbocycles. The summed E-state index contributed by atoms with van der Waals surface area (Å²) >= 11 is 5.83. The molecule has 108 valence electrons. The van der Waals surface area contributed by atoms with Gasteiger partial charge >= 0.3 is 0 Å². The first-order valence-corrected chi connectivity index (χ1v) is 6.75. The zero-order valence-corrected chi connectivity index (χ0v) is 12.0. The van der Waals surface area contributed by atoms with Gasteiger partial charge < -0.3 is 10.6 Å². The van der Waals surface area contributed by atoms with Crippen LogP contribution in [0.25, 0.3) is 0 Å². The number of nitrogens with zero attached hydrogens (tertiary/aromatic N) is 3. The van der Waals surface area contributed by atoms with Crippen molar-refractivity contribution in [2.24, 2.45) is 0 Å². The molecule has 0 spiro atoms. The van der Waals surface area contributed by atoms with Crippen molar-refractivity contribution in [3.63, 3.8) is 0 Å². The molecule has 0 radical (unpaired) electrons. The second kappa shape index (κ2) is 6.91. The molecule has 1 aromatic heterocycles. The summed E-state index contributed by atoms with van der Waals surface area (Å²) in [7, 11) is 0. The molecule has 0 atom stereocenters. The van der Waals surface area contributed by atoms with Gasteiger partial charge in [-0.25, -0.2) is 4.39 Å². The van der Waals surface area contributed by atoms with Crippen LogP contribution < -0.4 is 10.6 Å². The van der Waals surface area contributed by atoms with Crippen molar-refractivity contribution in [2.75, 3.05) is 17.2 Å². The van der Waals surface area contributed by atoms with Crippen LogP contribution in [-0.2, 0) is 6.54 Å². The largest absolute Gasteiger partial charge is 0.397 e. The molecule has 2 rings (SSSR count). The number of pyridine rings is 1. The van der Waals surface area contributed by atoms with Gasteiger partial charge in [0.2, 0.25) is 0 Å². The maximum absolute atomic E-state index is 13.4. The Labute approximate surface area is 127 Å². The van der Waals surface area contributed by atoms with Gasteiger partial charge in [0.05, 0.1) is 28.9 Å². The molecule has 2 N–H and O–H groups in total. The lowest BCUT2D eigenvalue weighted by atomic mass is 10.2. The summed E-state index contributed by atoms with van der Waals surface area (Å²) in [6.07, 6.45) is 3.75. The molecule has 0 saturated heterocycles. The maximum Gasteiger partial charge on any atom is 0.143 e. The molecule has 0 aliphatic heterocycles. The highest BCUT2D eigenvalue weighted by Crippen LogP contribution is 2.30. The molecule has 0 unspecified atom stereocenters. The van der Waals surface area contributed by atoms with E-state index in [1.54, 1.807) is 12.4 Å². The van der Waals surface area contributed by atoms with Gasteiger partial charge in [-0.1, -0.05) is 17.7 Å². The molecular weight excluding hydrogens is 291 g/mol. The lowest BCUT2D eigenvalue weighted by Crippen LogP contribution is -2.24. The lowest BCUT2D eigenvalue weighted by Gasteiger charge is -2.25. The van der Waals surface area contributed by atoms with Crippen LogP contribution in [0.15, 0.2) is 36.7 Å². The first-order valence-electron chi connectivity index (χ1n) is 6.37. The van der Waals surface area contributed by atoms with Crippen LogP contribution in [0.5, 0.6) is 0 Å². The van der Waals surface area contributed by atoms with Gasteiger partial charge in [-0.15, -0.1) is 0 Å². The number of hydrogen-bond acceptors (Lipinski definition) is 4. The first kappa shape index (κ1) is 15.1. The Bertz CT molecular complexity index is 655. The molecule has 6 heteroatoms. The third kappa shape index (κ3) is 3.83. The van der Waals surface area contributed by atoms with E-state index in [0.717, 1.165) is 5.56 Å². The average molecular weight is 305 g/mol. The third-order valence-corrected chi connectivity index (χ3v) is 3.29. The zero-order chi connectivity index (χ0) is 15.2. The normalized spacial score (nSPS) is 10.1. The minimum atomic E-state index is -0.556. The van der Waals surface area contributed by atoms with E-state index in [1.165, 1.54) is 12.1 Å². The zero-order valence-electron chi connectivity index (χ0n) is 11.3. The summed E-state index contributed by atoms with van der Waals surface area (Å²) in [6.45, 7) is 0.985. The van der Waals surface area contributed by atoms with Crippen molar-refractivity contribution >= 4 is 23.0 Å². The van der Waals surface area contributed by atoms with E-state index in [9.17, 15) is 4.39 Å². The summed E-state index contributed by atoms with van der Waals surface area (Å²) in [5, 5.41) is 8.80. The predicted molar refractivity (Wildman–Crippen MR) is 81.3 cm³/mol. The van der Waals surface area contributed by atoms with E-state index >= 15 is 0 Å². The van der Waals surface area contributed by atoms with Gasteiger partial charge in [0.1, 0.15) is 5.82 Å². The summed E-state index contributed by atoms with van der Waals surface area (Å²) in [4.78, 5) is 5.95. The van der Waals surface area contributed by atoms with E-state index < -0.39 is 5.82 Å². The maximum atomic E-state index is 13.4. The summed E-state index contributed by atoms with van der Waals surface area (Å²) in [5.74, 6) is -0.556. The van der Waals surface area contributed by atoms with Crippen LogP contribution in [0, 0.1) is 17.1 Å². The average Bonchev–Trinajstić information content (AvgIpc) is 2.48. The highest BCUT2D eigenvalue weighted by molar-refractivity contribution is 6.31. The van der Waals surface area contributed by atoms with Crippen molar-refractivity contribution in [1.82, 2.24) is 4.98 Å². The monoisotopic (exact) mass is 304 g/mol. The molecule has 1 heterocycles. The van der Waals surface area contributed by atoms with Gasteiger partial charge in [0.15, 0.2) is 0 Å². The molecule has 0 bridgehead atoms. The second-order valence-corrected chi connectivity index (χ2v) is 4.92. The highest BCUT2D eigenvalue weighted by atomic mass is 35.5. The molecule has 2 aromatic rings. The van der Waals surface area contributed by atoms with Crippen molar-refractivity contribution in [2.45, 2.75) is 13.0 Å². The molecule has 21 heavy (non-hydrogen) atoms. The van der Waals surface area contributed by atoms with E-state index in [1.807, 2.05) is 17.0 Å². The molecule has 0 saturated carbocycles. The van der Waals surface area contributed by atoms with Gasteiger partial charge in [-0.2, -0.15) is 5.26 Å². The van der Waals surface area contributed by atoms with E-state index in [0.29, 0.717) is 30.9 Å². The minimum absolute atomic E-state index is 0.00680. The highest BCUT2D eigenvalue weighted by Gasteiger charge is 2.14. The Morgan fingerprint density at radius 2 is 2.24 bits per heavy atom. The van der Waals surface area contributed by atoms with Crippen LogP contribution >= 0.6 is 11.6 Å². The predicted octanol–water partition coefficient (Wildman–Crippen LogP) is 3.38. The van der Waals surface area contributed by atoms with E-state index in [4.69, 9.17) is 22.6 Å². The quantitative estimate of drug-likeness (QED) is 0.860. The second-order valence-electron chi connectivity index (χ2n) is 4.52. The summed E-state index contributed by atoms with van der Waals surface area (Å²) in [5.41, 5.74) is 7.75. The number of rotatable bonds is 5. The third-order valence-electron chi connectivity index (χ3n) is 3.00. The molecule has 0 amide bonds. The Morgan fingerprint density at radius 3 is 2.90 bits per heavy atom. The van der Waals surface area contributed by atoms with Crippen molar-refractivity contribution < 1.29 is 4.39 Å². The standard InChI is InChI=1S/C15H14ClFN4/c16-12-7-15(14(19)8-13(12)17)21(6-2-4-18)10-11-3-1-5-20-9-11/h1,3,5,7-9H,2,6,10,19H2. The fourth-order valence-electron chi connectivity index (χ4n) is 2.01. The van der Waals surface area contributed by atoms with Gasteiger partial charge in [-0.05, 0) is 17.7 Å². The van der Waals surface area contributed by atoms with Gasteiger partial charge in [-0.3, -0.25) is 4.98 Å². The van der Waals surface area contributed by atoms with Crippen molar-refractivity contribution in [3.05, 3.63) is 53.1 Å². The van der Waals surface area contributed by atoms with Gasteiger partial charge in [0, 0.05) is 31.5 Å². The number of benzene rings is 1. The van der Waals surface area contributed by atoms with Crippen LogP contribution in [0.2, 0.25) is 5.02 Å². The van der Waals surface area contributed by atoms with E-state index in [-0.39, 0.29) is 5.02 Å². The first-order chi connectivity index (χ1) is 10.1. The van der Waals surface area contributed by atoms with Crippen LogP contribution in [0.3, 0.4) is 0 Å². The molecule has 1 aromatic carbocycles. The smallest absolute Gasteiger partial charge is 0.143 e. The fourth-order valence-corrected chi connectivity index (χ4v) is 2.17. The number of aromatic nitrogens is 1. The lowest BCUT2D eigenvalue weighted by molar-refractivity contribution is 0.628. The minimum Gasteiger partial charge on any atom is -0.397 e. The number of hydrogen-bond donors (Lipinski definition) is 1. The Balaban J connectivity index is 2.32. The van der Waals surface area contributed by atoms with Crippen LogP contribution in [0.1, 0.15) is 12.0 Å². The van der Waals surface area contributed by atoms with Crippen LogP contribution in [-0.4, -0.2) is 11.5 Å². The van der Waals surface area contributed by atoms with E-state index in [2.05, 4.69) is 11.1 Å². The van der Waals surface area contributed by atoms with Gasteiger partial charge in [0.25, 0.3) is 0 Å². The van der Waals surface area contributed by atoms with Crippen LogP contribution in [0.4, 0.5) is 15.8 Å². The number of nitrogen functional groups attached to an aromatic ring is 1. The fraction of sp³-hybridized carbons (Fsp3) is 0.200. The number of nitriles is 1.